The van der Waals surface area contributed by atoms with Crippen LogP contribution in [0.4, 0.5) is 0 Å². The molecule has 0 saturated heterocycles. The van der Waals surface area contributed by atoms with Crippen LogP contribution in [0.3, 0.4) is 0 Å². The zero-order valence-electron chi connectivity index (χ0n) is 13.3. The Bertz CT molecular complexity index is 199. The van der Waals surface area contributed by atoms with Gasteiger partial charge in [-0.2, -0.15) is 0 Å². The lowest BCUT2D eigenvalue weighted by molar-refractivity contribution is -0.0386. The Labute approximate surface area is 117 Å². The highest BCUT2D eigenvalue weighted by Crippen LogP contribution is 2.26. The molecule has 0 unspecified atom stereocenters. The fourth-order valence-electron chi connectivity index (χ4n) is 3.07. The molecule has 0 aliphatic carbocycles. The Morgan fingerprint density at radius 3 is 1.78 bits per heavy atom. The number of allylic oxidation sites excluding steroid dienone is 1. The van der Waals surface area contributed by atoms with Crippen LogP contribution in [0.25, 0.3) is 0 Å². The topological polar surface area (TPSA) is 6.48 Å². The van der Waals surface area contributed by atoms with E-state index in [9.17, 15) is 0 Å². The molecule has 0 rings (SSSR count). The normalized spacial score (nSPS) is 13.1. The van der Waals surface area contributed by atoms with Gasteiger partial charge < -0.3 is 0 Å². The molecule has 0 radical (unpaired) electrons. The average Bonchev–Trinajstić information content (AvgIpc) is 2.37. The summed E-state index contributed by atoms with van der Waals surface area (Å²) < 4.78 is 0. The molecule has 0 aromatic carbocycles. The molecule has 108 valence electrons. The average molecular weight is 271 g/mol. The lowest BCUT2D eigenvalue weighted by Gasteiger charge is -2.48. The van der Waals surface area contributed by atoms with Crippen molar-refractivity contribution in [2.75, 3.05) is 26.2 Å². The second kappa shape index (κ2) is 9.76. The van der Waals surface area contributed by atoms with Crippen molar-refractivity contribution in [3.63, 3.8) is 0 Å². The van der Waals surface area contributed by atoms with Crippen LogP contribution in [0.1, 0.15) is 41.0 Å². The lowest BCUT2D eigenvalue weighted by Crippen LogP contribution is -2.58. The molecule has 0 heterocycles. The van der Waals surface area contributed by atoms with Crippen molar-refractivity contribution in [1.29, 1.82) is 0 Å². The van der Waals surface area contributed by atoms with Crippen molar-refractivity contribution >= 4 is 9.52 Å². The first-order valence-electron chi connectivity index (χ1n) is 7.71. The van der Waals surface area contributed by atoms with E-state index >= 15 is 0 Å². The van der Waals surface area contributed by atoms with Crippen molar-refractivity contribution < 1.29 is 0 Å². The molecule has 0 amide bonds. The van der Waals surface area contributed by atoms with E-state index in [-0.39, 0.29) is 15.2 Å². The molecule has 0 atom stereocenters. The Kier molecular flexibility index (Phi) is 9.69. The van der Waals surface area contributed by atoms with Gasteiger partial charge in [-0.15, -0.1) is 6.58 Å². The molecule has 0 saturated carbocycles. The summed E-state index contributed by atoms with van der Waals surface area (Å²) in [5.74, 6) is 0. The van der Waals surface area contributed by atoms with Crippen molar-refractivity contribution in [2.45, 2.75) is 58.8 Å². The highest BCUT2D eigenvalue weighted by atomic mass is 28.2. The smallest absolute Gasteiger partial charge is 0.0705 e. The monoisotopic (exact) mass is 270 g/mol. The molecule has 2 nitrogen and oxygen atoms in total. The van der Waals surface area contributed by atoms with E-state index in [4.69, 9.17) is 0 Å². The van der Waals surface area contributed by atoms with Crippen molar-refractivity contribution in [3.8, 4) is 0 Å². The summed E-state index contributed by atoms with van der Waals surface area (Å²) in [7, 11) is 0.0655. The van der Waals surface area contributed by atoms with Gasteiger partial charge in [-0.25, -0.2) is 0 Å². The number of hydrogen-bond donors (Lipinski definition) is 0. The minimum atomic E-state index is 0.0655. The maximum atomic E-state index is 3.84. The third-order valence-electron chi connectivity index (χ3n) is 4.20. The van der Waals surface area contributed by atoms with Crippen molar-refractivity contribution in [1.82, 2.24) is 9.80 Å². The highest BCUT2D eigenvalue weighted by molar-refractivity contribution is 6.36. The van der Waals surface area contributed by atoms with Crippen LogP contribution in [0, 0.1) is 0 Å². The second-order valence-electron chi connectivity index (χ2n) is 5.10. The van der Waals surface area contributed by atoms with Gasteiger partial charge in [0.2, 0.25) is 0 Å². The summed E-state index contributed by atoms with van der Waals surface area (Å²) >= 11 is 0. The molecule has 3 heteroatoms. The van der Waals surface area contributed by atoms with Crippen LogP contribution in [0.2, 0.25) is 12.1 Å². The second-order valence-corrected chi connectivity index (χ2v) is 7.09. The molecular formula is C15H34N2Si. The predicted octanol–water partition coefficient (Wildman–Crippen LogP) is 2.97. The summed E-state index contributed by atoms with van der Waals surface area (Å²) in [6.07, 6.45) is 3.41. The number of rotatable bonds is 11. The van der Waals surface area contributed by atoms with Crippen LogP contribution in [0.15, 0.2) is 12.7 Å². The number of nitrogens with zero attached hydrogens (tertiary/aromatic N) is 2. The van der Waals surface area contributed by atoms with E-state index in [0.717, 1.165) is 26.2 Å². The largest absolute Gasteiger partial charge is 0.286 e. The van der Waals surface area contributed by atoms with Gasteiger partial charge in [-0.05, 0) is 45.6 Å². The van der Waals surface area contributed by atoms with Crippen LogP contribution >= 0.6 is 0 Å². The minimum Gasteiger partial charge on any atom is -0.286 e. The maximum absolute atomic E-state index is 3.84. The first kappa shape index (κ1) is 17.9. The van der Waals surface area contributed by atoms with E-state index < -0.39 is 0 Å². The van der Waals surface area contributed by atoms with Crippen molar-refractivity contribution in [3.05, 3.63) is 12.7 Å². The van der Waals surface area contributed by atoms with E-state index in [1.165, 1.54) is 18.5 Å². The van der Waals surface area contributed by atoms with Gasteiger partial charge in [-0.3, -0.25) is 9.80 Å². The highest BCUT2D eigenvalue weighted by Gasteiger charge is 2.33. The van der Waals surface area contributed by atoms with E-state index in [2.05, 4.69) is 57.1 Å². The molecule has 0 fully saturated rings. The van der Waals surface area contributed by atoms with Gasteiger partial charge in [-0.1, -0.05) is 39.8 Å². The Hall–Kier alpha value is -0.123. The fourth-order valence-corrected chi connectivity index (χ4v) is 4.57. The van der Waals surface area contributed by atoms with E-state index in [1.807, 2.05) is 0 Å². The first-order chi connectivity index (χ1) is 8.60. The predicted molar refractivity (Wildman–Crippen MR) is 87.2 cm³/mol. The molecule has 0 aromatic heterocycles. The summed E-state index contributed by atoms with van der Waals surface area (Å²) in [6, 6.07) is 2.71. The first-order valence-corrected chi connectivity index (χ1v) is 9.71. The SMILES string of the molecule is C=CC[SiH2]CCC(C)(N(CC)CC)N(CC)CC. The quantitative estimate of drug-likeness (QED) is 0.246. The molecule has 0 aliphatic rings. The third-order valence-corrected chi connectivity index (χ3v) is 5.87. The molecule has 0 aromatic rings. The lowest BCUT2D eigenvalue weighted by atomic mass is 10.0. The molecule has 0 N–H and O–H groups in total. The molecule has 0 spiro atoms. The minimum absolute atomic E-state index is 0.0655. The summed E-state index contributed by atoms with van der Waals surface area (Å²) in [5.41, 5.74) is 0.251. The van der Waals surface area contributed by atoms with Gasteiger partial charge >= 0.3 is 0 Å². The number of hydrogen-bond acceptors (Lipinski definition) is 2. The standard InChI is InChI=1S/C15H34N2Si/c1-7-13-18-14-12-15(6,16(8-2)9-3)17(10-4)11-5/h7H,1,8-14,18H2,2-6H3. The molecule has 0 aliphatic heterocycles. The Morgan fingerprint density at radius 1 is 1.00 bits per heavy atom. The maximum Gasteiger partial charge on any atom is 0.0705 e. The van der Waals surface area contributed by atoms with Gasteiger partial charge in [0.05, 0.1) is 5.66 Å². The van der Waals surface area contributed by atoms with E-state index in [0.29, 0.717) is 0 Å². The summed E-state index contributed by atoms with van der Waals surface area (Å²) in [6.45, 7) is 20.0. The van der Waals surface area contributed by atoms with Crippen LogP contribution in [0.5, 0.6) is 0 Å². The van der Waals surface area contributed by atoms with Gasteiger partial charge in [0, 0.05) is 9.52 Å². The van der Waals surface area contributed by atoms with Gasteiger partial charge in [0.1, 0.15) is 0 Å². The van der Waals surface area contributed by atoms with Crippen LogP contribution < -0.4 is 0 Å². The zero-order chi connectivity index (χ0) is 14.0. The molecule has 18 heavy (non-hydrogen) atoms. The van der Waals surface area contributed by atoms with Crippen molar-refractivity contribution in [2.24, 2.45) is 0 Å². The molecule has 0 bridgehead atoms. The Balaban J connectivity index is 4.72. The van der Waals surface area contributed by atoms with Crippen LogP contribution in [-0.2, 0) is 0 Å². The third kappa shape index (κ3) is 4.86. The van der Waals surface area contributed by atoms with Crippen LogP contribution in [-0.4, -0.2) is 51.2 Å². The molecular weight excluding hydrogens is 236 g/mol. The zero-order valence-corrected chi connectivity index (χ0v) is 14.7. The van der Waals surface area contributed by atoms with Gasteiger partial charge in [0.25, 0.3) is 0 Å². The summed E-state index contributed by atoms with van der Waals surface area (Å²) in [4.78, 5) is 5.25. The fraction of sp³-hybridized carbons (Fsp3) is 0.867. The van der Waals surface area contributed by atoms with E-state index in [1.54, 1.807) is 0 Å². The Morgan fingerprint density at radius 2 is 1.44 bits per heavy atom. The van der Waals surface area contributed by atoms with Gasteiger partial charge in [0.15, 0.2) is 0 Å². The summed E-state index contributed by atoms with van der Waals surface area (Å²) in [5, 5.41) is 0.